The van der Waals surface area contributed by atoms with Crippen molar-refractivity contribution < 1.29 is 4.74 Å². The molecule has 1 aliphatic rings. The molecule has 1 aromatic heterocycles. The summed E-state index contributed by atoms with van der Waals surface area (Å²) < 4.78 is 5.93. The zero-order valence-corrected chi connectivity index (χ0v) is 11.8. The Morgan fingerprint density at radius 1 is 1.59 bits per heavy atom. The number of nitrogens with one attached hydrogen (secondary N) is 1. The van der Waals surface area contributed by atoms with E-state index >= 15 is 0 Å². The van der Waals surface area contributed by atoms with Crippen molar-refractivity contribution in [2.45, 2.75) is 45.8 Å². The first-order chi connectivity index (χ1) is 8.22. The molecule has 3 unspecified atom stereocenters. The van der Waals surface area contributed by atoms with Gasteiger partial charge in [0, 0.05) is 11.5 Å². The molecule has 1 saturated heterocycles. The Bertz CT molecular complexity index is 350. The molecule has 2 rings (SSSR count). The van der Waals surface area contributed by atoms with Crippen LogP contribution in [0.2, 0.25) is 0 Å². The highest BCUT2D eigenvalue weighted by molar-refractivity contribution is 7.10. The van der Waals surface area contributed by atoms with Gasteiger partial charge in [-0.3, -0.25) is 0 Å². The summed E-state index contributed by atoms with van der Waals surface area (Å²) in [4.78, 5) is 1.38. The van der Waals surface area contributed by atoms with Crippen LogP contribution in [0.4, 0.5) is 0 Å². The third-order valence-electron chi connectivity index (χ3n) is 3.50. The van der Waals surface area contributed by atoms with Crippen molar-refractivity contribution in [2.24, 2.45) is 5.92 Å². The minimum absolute atomic E-state index is 0.343. The van der Waals surface area contributed by atoms with Gasteiger partial charge in [-0.1, -0.05) is 13.8 Å². The van der Waals surface area contributed by atoms with Crippen LogP contribution in [-0.2, 0) is 4.74 Å². The van der Waals surface area contributed by atoms with E-state index in [1.807, 2.05) is 11.3 Å². The Labute approximate surface area is 108 Å². The van der Waals surface area contributed by atoms with Gasteiger partial charge in [0.1, 0.15) is 0 Å². The number of hydrogen-bond acceptors (Lipinski definition) is 3. The van der Waals surface area contributed by atoms with Gasteiger partial charge >= 0.3 is 0 Å². The molecule has 0 spiro atoms. The quantitative estimate of drug-likeness (QED) is 0.867. The first-order valence-electron chi connectivity index (χ1n) is 6.62. The highest BCUT2D eigenvalue weighted by Gasteiger charge is 2.32. The standard InChI is InChI=1S/C14H23NOS/c1-4-6-15-13(12-8-11(3)17-9-12)14-10(2)5-7-16-14/h8-10,13-15H,4-7H2,1-3H3. The van der Waals surface area contributed by atoms with E-state index < -0.39 is 0 Å². The van der Waals surface area contributed by atoms with Crippen molar-refractivity contribution in [3.05, 3.63) is 21.9 Å². The van der Waals surface area contributed by atoms with Crippen LogP contribution in [0.15, 0.2) is 11.4 Å². The number of ether oxygens (including phenoxy) is 1. The highest BCUT2D eigenvalue weighted by Crippen LogP contribution is 2.33. The van der Waals surface area contributed by atoms with Crippen molar-refractivity contribution in [1.29, 1.82) is 0 Å². The summed E-state index contributed by atoms with van der Waals surface area (Å²) in [7, 11) is 0. The molecule has 1 fully saturated rings. The SMILES string of the molecule is CCCNC(c1csc(C)c1)C1OCCC1C. The fourth-order valence-electron chi connectivity index (χ4n) is 2.49. The maximum atomic E-state index is 5.93. The zero-order valence-electron chi connectivity index (χ0n) is 11.0. The molecule has 0 radical (unpaired) electrons. The lowest BCUT2D eigenvalue weighted by atomic mass is 9.93. The first kappa shape index (κ1) is 13.1. The molecular formula is C14H23NOS. The van der Waals surface area contributed by atoms with E-state index in [1.165, 1.54) is 23.3 Å². The molecule has 0 aromatic carbocycles. The summed E-state index contributed by atoms with van der Waals surface area (Å²) in [5, 5.41) is 5.93. The maximum Gasteiger partial charge on any atom is 0.0796 e. The lowest BCUT2D eigenvalue weighted by Crippen LogP contribution is -2.34. The summed E-state index contributed by atoms with van der Waals surface area (Å²) in [6.07, 6.45) is 2.70. The molecule has 96 valence electrons. The van der Waals surface area contributed by atoms with Gasteiger partial charge in [0.25, 0.3) is 0 Å². The Balaban J connectivity index is 2.12. The zero-order chi connectivity index (χ0) is 12.3. The van der Waals surface area contributed by atoms with Crippen LogP contribution in [0, 0.1) is 12.8 Å². The normalized spacial score (nSPS) is 26.3. The summed E-state index contributed by atoms with van der Waals surface area (Å²) in [6.45, 7) is 8.66. The molecular weight excluding hydrogens is 230 g/mol. The third-order valence-corrected chi connectivity index (χ3v) is 4.38. The Hall–Kier alpha value is -0.380. The van der Waals surface area contributed by atoms with Gasteiger partial charge < -0.3 is 10.1 Å². The van der Waals surface area contributed by atoms with E-state index in [2.05, 4.69) is 37.5 Å². The van der Waals surface area contributed by atoms with E-state index in [4.69, 9.17) is 4.74 Å². The second kappa shape index (κ2) is 5.98. The summed E-state index contributed by atoms with van der Waals surface area (Å²) in [5.41, 5.74) is 1.40. The lowest BCUT2D eigenvalue weighted by molar-refractivity contribution is 0.0608. The van der Waals surface area contributed by atoms with Crippen LogP contribution >= 0.6 is 11.3 Å². The molecule has 0 bridgehead atoms. The number of thiophene rings is 1. The lowest BCUT2D eigenvalue weighted by Gasteiger charge is -2.26. The molecule has 2 nitrogen and oxygen atoms in total. The molecule has 2 heterocycles. The fraction of sp³-hybridized carbons (Fsp3) is 0.714. The molecule has 3 heteroatoms. The fourth-order valence-corrected chi connectivity index (χ4v) is 3.23. The van der Waals surface area contributed by atoms with E-state index in [-0.39, 0.29) is 0 Å². The van der Waals surface area contributed by atoms with Crippen molar-refractivity contribution in [3.8, 4) is 0 Å². The van der Waals surface area contributed by atoms with Crippen LogP contribution in [-0.4, -0.2) is 19.3 Å². The van der Waals surface area contributed by atoms with Crippen LogP contribution in [0.3, 0.4) is 0 Å². The van der Waals surface area contributed by atoms with Gasteiger partial charge in [-0.15, -0.1) is 11.3 Å². The molecule has 1 aromatic rings. The Kier molecular flexibility index (Phi) is 4.60. The maximum absolute atomic E-state index is 5.93. The number of hydrogen-bond donors (Lipinski definition) is 1. The van der Waals surface area contributed by atoms with Crippen LogP contribution in [0.5, 0.6) is 0 Å². The average Bonchev–Trinajstić information content (AvgIpc) is 2.90. The van der Waals surface area contributed by atoms with E-state index in [1.54, 1.807) is 0 Å². The predicted octanol–water partition coefficient (Wildman–Crippen LogP) is 3.52. The molecule has 3 atom stereocenters. The summed E-state index contributed by atoms with van der Waals surface area (Å²) in [5.74, 6) is 0.657. The van der Waals surface area contributed by atoms with Gasteiger partial charge in [0.2, 0.25) is 0 Å². The van der Waals surface area contributed by atoms with Gasteiger partial charge in [-0.25, -0.2) is 0 Å². The topological polar surface area (TPSA) is 21.3 Å². The van der Waals surface area contributed by atoms with Gasteiger partial charge in [-0.05, 0) is 49.2 Å². The molecule has 0 aliphatic carbocycles. The van der Waals surface area contributed by atoms with Crippen LogP contribution < -0.4 is 5.32 Å². The predicted molar refractivity (Wildman–Crippen MR) is 73.6 cm³/mol. The van der Waals surface area contributed by atoms with Gasteiger partial charge in [0.05, 0.1) is 12.1 Å². The molecule has 0 saturated carbocycles. The van der Waals surface area contributed by atoms with Crippen LogP contribution in [0.25, 0.3) is 0 Å². The van der Waals surface area contributed by atoms with E-state index in [0.717, 1.165) is 13.2 Å². The van der Waals surface area contributed by atoms with Crippen LogP contribution in [0.1, 0.15) is 43.2 Å². The first-order valence-corrected chi connectivity index (χ1v) is 7.50. The van der Waals surface area contributed by atoms with Gasteiger partial charge in [-0.2, -0.15) is 0 Å². The third kappa shape index (κ3) is 3.09. The minimum atomic E-state index is 0.343. The molecule has 17 heavy (non-hydrogen) atoms. The summed E-state index contributed by atoms with van der Waals surface area (Å²) >= 11 is 1.83. The molecule has 1 aliphatic heterocycles. The second-order valence-electron chi connectivity index (χ2n) is 5.02. The van der Waals surface area contributed by atoms with Gasteiger partial charge in [0.15, 0.2) is 0 Å². The molecule has 0 amide bonds. The largest absolute Gasteiger partial charge is 0.376 e. The van der Waals surface area contributed by atoms with E-state index in [0.29, 0.717) is 18.1 Å². The highest BCUT2D eigenvalue weighted by atomic mass is 32.1. The second-order valence-corrected chi connectivity index (χ2v) is 6.14. The van der Waals surface area contributed by atoms with Crippen molar-refractivity contribution in [2.75, 3.05) is 13.2 Å². The van der Waals surface area contributed by atoms with E-state index in [9.17, 15) is 0 Å². The monoisotopic (exact) mass is 253 g/mol. The number of aryl methyl sites for hydroxylation is 1. The van der Waals surface area contributed by atoms with Crippen molar-refractivity contribution in [1.82, 2.24) is 5.32 Å². The summed E-state index contributed by atoms with van der Waals surface area (Å²) in [6, 6.07) is 2.67. The van der Waals surface area contributed by atoms with Crippen molar-refractivity contribution in [3.63, 3.8) is 0 Å². The smallest absolute Gasteiger partial charge is 0.0796 e. The van der Waals surface area contributed by atoms with Crippen molar-refractivity contribution >= 4 is 11.3 Å². The molecule has 1 N–H and O–H groups in total. The Morgan fingerprint density at radius 2 is 2.41 bits per heavy atom. The average molecular weight is 253 g/mol. The number of rotatable bonds is 5. The Morgan fingerprint density at radius 3 is 2.94 bits per heavy atom. The minimum Gasteiger partial charge on any atom is -0.376 e.